The van der Waals surface area contributed by atoms with Crippen LogP contribution in [0.3, 0.4) is 0 Å². The summed E-state index contributed by atoms with van der Waals surface area (Å²) in [5.74, 6) is 0. The zero-order valence-corrected chi connectivity index (χ0v) is 37.7. The zero-order valence-electron chi connectivity index (χ0n) is 37.7. The predicted octanol–water partition coefficient (Wildman–Crippen LogP) is 18.1. The van der Waals surface area contributed by atoms with Crippen molar-refractivity contribution >= 4 is 39.0 Å². The van der Waals surface area contributed by atoms with Crippen LogP contribution in [0.5, 0.6) is 0 Å². The van der Waals surface area contributed by atoms with Gasteiger partial charge in [-0.05, 0) is 132 Å². The molecule has 322 valence electrons. The second-order valence-corrected chi connectivity index (χ2v) is 18.3. The van der Waals surface area contributed by atoms with Gasteiger partial charge in [-0.1, -0.05) is 212 Å². The highest BCUT2D eigenvalue weighted by Gasteiger charge is 2.51. The fourth-order valence-corrected chi connectivity index (χ4v) is 11.7. The molecule has 0 radical (unpaired) electrons. The number of benzene rings is 11. The molecular weight excluding hydrogens is 835 g/mol. The largest absolute Gasteiger partial charge is 0.455 e. The Kier molecular flexibility index (Phi) is 8.84. The van der Waals surface area contributed by atoms with Crippen LogP contribution in [0.2, 0.25) is 0 Å². The van der Waals surface area contributed by atoms with E-state index in [1.54, 1.807) is 0 Å². The highest BCUT2D eigenvalue weighted by Crippen LogP contribution is 2.63. The first-order valence-electron chi connectivity index (χ1n) is 23.8. The minimum Gasteiger partial charge on any atom is -0.455 e. The van der Waals surface area contributed by atoms with E-state index in [-0.39, 0.29) is 0 Å². The highest BCUT2D eigenvalue weighted by molar-refractivity contribution is 6.09. The molecule has 0 atom stereocenters. The van der Waals surface area contributed by atoms with Gasteiger partial charge in [0.25, 0.3) is 0 Å². The quantitative estimate of drug-likeness (QED) is 0.159. The first-order chi connectivity index (χ1) is 34.2. The van der Waals surface area contributed by atoms with E-state index in [0.717, 1.165) is 50.1 Å². The number of fused-ring (bicyclic) bond motifs is 13. The highest BCUT2D eigenvalue weighted by atomic mass is 16.3. The van der Waals surface area contributed by atoms with Crippen LogP contribution in [0.4, 0.5) is 17.1 Å². The molecule has 0 unspecified atom stereocenters. The molecule has 1 heterocycles. The Morgan fingerprint density at radius 3 is 1.39 bits per heavy atom. The molecule has 0 bridgehead atoms. The first kappa shape index (κ1) is 39.2. The molecule has 69 heavy (non-hydrogen) atoms. The minimum atomic E-state index is -0.396. The van der Waals surface area contributed by atoms with Gasteiger partial charge in [0, 0.05) is 33.4 Å². The number of rotatable bonds is 7. The monoisotopic (exact) mass is 877 g/mol. The van der Waals surface area contributed by atoms with Crippen molar-refractivity contribution < 1.29 is 4.42 Å². The Labute approximate surface area is 401 Å². The van der Waals surface area contributed by atoms with Crippen LogP contribution < -0.4 is 4.90 Å². The standard InChI is InChI=1S/C67H43NO/c1-3-16-44(17-4-1)45-30-35-49(36-31-45)68(50-37-32-47(33-38-50)53-24-15-25-58-57-23-10-14-29-65(57)69-66(53)58)51-39-40-52(46-18-5-2-6-19-46)59(43-51)48-34-41-64-60(42-48)56-22-9-13-28-63(56)67(64)61-26-11-7-20-54(61)55-21-8-12-27-62(55)67/h1-43H. The van der Waals surface area contributed by atoms with Gasteiger partial charge in [-0.25, -0.2) is 0 Å². The molecular formula is C67H43NO. The van der Waals surface area contributed by atoms with E-state index < -0.39 is 5.41 Å². The molecule has 12 aromatic rings. The summed E-state index contributed by atoms with van der Waals surface area (Å²) in [5.41, 5.74) is 24.5. The van der Waals surface area contributed by atoms with Crippen molar-refractivity contribution in [2.24, 2.45) is 0 Å². The maximum atomic E-state index is 6.50. The SMILES string of the molecule is c1ccc(-c2ccc(N(c3ccc(-c4cccc5c4oc4ccccc45)cc3)c3ccc(-c4ccccc4)c(-c4ccc5c(c4)-c4ccccc4C54c5ccccc5-c5ccccc54)c3)cc2)cc1. The molecule has 1 spiro atoms. The van der Waals surface area contributed by atoms with E-state index >= 15 is 0 Å². The number of para-hydroxylation sites is 2. The Bertz CT molecular complexity index is 3890. The fraction of sp³-hybridized carbons (Fsp3) is 0.0149. The number of nitrogens with zero attached hydrogens (tertiary/aromatic N) is 1. The van der Waals surface area contributed by atoms with E-state index in [2.05, 4.69) is 254 Å². The van der Waals surface area contributed by atoms with E-state index in [0.29, 0.717) is 0 Å². The predicted molar refractivity (Wildman–Crippen MR) is 286 cm³/mol. The molecule has 2 aliphatic carbocycles. The maximum absolute atomic E-state index is 6.50. The van der Waals surface area contributed by atoms with Crippen molar-refractivity contribution in [1.82, 2.24) is 0 Å². The van der Waals surface area contributed by atoms with Gasteiger partial charge in [-0.3, -0.25) is 0 Å². The topological polar surface area (TPSA) is 16.4 Å². The lowest BCUT2D eigenvalue weighted by molar-refractivity contribution is 0.670. The summed E-state index contributed by atoms with van der Waals surface area (Å²) in [7, 11) is 0. The lowest BCUT2D eigenvalue weighted by Crippen LogP contribution is -2.25. The van der Waals surface area contributed by atoms with Gasteiger partial charge in [0.15, 0.2) is 0 Å². The summed E-state index contributed by atoms with van der Waals surface area (Å²) in [6.07, 6.45) is 0. The lowest BCUT2D eigenvalue weighted by atomic mass is 9.70. The Hall–Kier alpha value is -8.98. The van der Waals surface area contributed by atoms with Crippen molar-refractivity contribution in [2.45, 2.75) is 5.41 Å². The van der Waals surface area contributed by atoms with Crippen molar-refractivity contribution in [2.75, 3.05) is 4.90 Å². The van der Waals surface area contributed by atoms with E-state index in [9.17, 15) is 0 Å². The second-order valence-electron chi connectivity index (χ2n) is 18.3. The van der Waals surface area contributed by atoms with Gasteiger partial charge >= 0.3 is 0 Å². The van der Waals surface area contributed by atoms with Crippen LogP contribution >= 0.6 is 0 Å². The van der Waals surface area contributed by atoms with Crippen LogP contribution in [0.1, 0.15) is 22.3 Å². The Morgan fingerprint density at radius 1 is 0.261 bits per heavy atom. The second kappa shape index (κ2) is 15.6. The number of hydrogen-bond acceptors (Lipinski definition) is 2. The molecule has 0 saturated carbocycles. The smallest absolute Gasteiger partial charge is 0.143 e. The van der Waals surface area contributed by atoms with Crippen molar-refractivity contribution in [3.8, 4) is 66.8 Å². The summed E-state index contributed by atoms with van der Waals surface area (Å²) in [6, 6.07) is 95.5. The number of hydrogen-bond donors (Lipinski definition) is 0. The van der Waals surface area contributed by atoms with Crippen LogP contribution in [-0.4, -0.2) is 0 Å². The molecule has 11 aromatic carbocycles. The van der Waals surface area contributed by atoms with Gasteiger partial charge in [0.05, 0.1) is 5.41 Å². The van der Waals surface area contributed by atoms with Gasteiger partial charge in [0.1, 0.15) is 11.2 Å². The molecule has 0 saturated heterocycles. The van der Waals surface area contributed by atoms with Crippen LogP contribution in [0.15, 0.2) is 265 Å². The molecule has 14 rings (SSSR count). The number of furan rings is 1. The summed E-state index contributed by atoms with van der Waals surface area (Å²) in [6.45, 7) is 0. The van der Waals surface area contributed by atoms with E-state index in [4.69, 9.17) is 4.42 Å². The molecule has 0 aliphatic heterocycles. The zero-order chi connectivity index (χ0) is 45.5. The molecule has 2 heteroatoms. The van der Waals surface area contributed by atoms with E-state index in [1.807, 2.05) is 12.1 Å². The summed E-state index contributed by atoms with van der Waals surface area (Å²) >= 11 is 0. The third kappa shape index (κ3) is 5.99. The Balaban J connectivity index is 0.946. The van der Waals surface area contributed by atoms with Crippen molar-refractivity contribution in [3.63, 3.8) is 0 Å². The summed E-state index contributed by atoms with van der Waals surface area (Å²) in [5, 5.41) is 2.26. The van der Waals surface area contributed by atoms with Crippen LogP contribution in [-0.2, 0) is 5.41 Å². The molecule has 2 aliphatic rings. The summed E-state index contributed by atoms with van der Waals surface area (Å²) in [4.78, 5) is 2.39. The molecule has 2 nitrogen and oxygen atoms in total. The van der Waals surface area contributed by atoms with E-state index in [1.165, 1.54) is 77.9 Å². The molecule has 0 N–H and O–H groups in total. The maximum Gasteiger partial charge on any atom is 0.143 e. The van der Waals surface area contributed by atoms with Gasteiger partial charge < -0.3 is 9.32 Å². The van der Waals surface area contributed by atoms with Crippen LogP contribution in [0, 0.1) is 0 Å². The average molecular weight is 878 g/mol. The van der Waals surface area contributed by atoms with Crippen molar-refractivity contribution in [1.29, 1.82) is 0 Å². The summed E-state index contributed by atoms with van der Waals surface area (Å²) < 4.78 is 6.50. The van der Waals surface area contributed by atoms with Gasteiger partial charge in [-0.2, -0.15) is 0 Å². The third-order valence-corrected chi connectivity index (χ3v) is 14.7. The third-order valence-electron chi connectivity index (χ3n) is 14.7. The lowest BCUT2D eigenvalue weighted by Gasteiger charge is -2.30. The fourth-order valence-electron chi connectivity index (χ4n) is 11.7. The molecule has 0 amide bonds. The normalized spacial score (nSPS) is 12.8. The first-order valence-corrected chi connectivity index (χ1v) is 23.8. The molecule has 0 fully saturated rings. The Morgan fingerprint density at radius 2 is 0.725 bits per heavy atom. The van der Waals surface area contributed by atoms with Gasteiger partial charge in [-0.15, -0.1) is 0 Å². The van der Waals surface area contributed by atoms with Crippen molar-refractivity contribution in [3.05, 3.63) is 283 Å². The van der Waals surface area contributed by atoms with Crippen LogP contribution in [0.25, 0.3) is 88.7 Å². The minimum absolute atomic E-state index is 0.396. The average Bonchev–Trinajstić information content (AvgIpc) is 4.06. The molecule has 1 aromatic heterocycles. The number of anilines is 3. The van der Waals surface area contributed by atoms with Gasteiger partial charge in [0.2, 0.25) is 0 Å².